The molecule has 1 heterocycles. The number of benzene rings is 1. The fourth-order valence-electron chi connectivity index (χ4n) is 1.94. The van der Waals surface area contributed by atoms with E-state index < -0.39 is 30.0 Å². The quantitative estimate of drug-likeness (QED) is 0.784. The zero-order chi connectivity index (χ0) is 18.6. The van der Waals surface area contributed by atoms with Crippen molar-refractivity contribution in [3.8, 4) is 5.75 Å². The molecular formula is C15H11ClF3NO4S. The number of halogens is 4. The minimum Gasteiger partial charge on any atom is -0.480 e. The molecule has 1 atom stereocenters. The maximum absolute atomic E-state index is 12.1. The van der Waals surface area contributed by atoms with Crippen LogP contribution >= 0.6 is 22.9 Å². The summed E-state index contributed by atoms with van der Waals surface area (Å²) in [5, 5.41) is 13.4. The van der Waals surface area contributed by atoms with Gasteiger partial charge in [0.05, 0.1) is 5.02 Å². The minimum atomic E-state index is -4.81. The smallest absolute Gasteiger partial charge is 0.480 e. The highest BCUT2D eigenvalue weighted by atomic mass is 35.5. The van der Waals surface area contributed by atoms with Crippen LogP contribution in [0.5, 0.6) is 5.75 Å². The molecule has 0 saturated heterocycles. The first-order valence-electron chi connectivity index (χ1n) is 6.77. The normalized spacial score (nSPS) is 12.5. The highest BCUT2D eigenvalue weighted by Crippen LogP contribution is 2.24. The Hall–Kier alpha value is -2.26. The van der Waals surface area contributed by atoms with E-state index in [2.05, 4.69) is 10.1 Å². The van der Waals surface area contributed by atoms with Crippen LogP contribution in [0.1, 0.15) is 15.2 Å². The number of alkyl halides is 3. The second-order valence-electron chi connectivity index (χ2n) is 4.86. The molecule has 0 aliphatic rings. The second-order valence-corrected chi connectivity index (χ2v) is 6.18. The summed E-state index contributed by atoms with van der Waals surface area (Å²) in [7, 11) is 0. The number of nitrogens with one attached hydrogen (secondary N) is 1. The van der Waals surface area contributed by atoms with Crippen LogP contribution in [-0.2, 0) is 11.2 Å². The Bertz CT molecular complexity index is 761. The van der Waals surface area contributed by atoms with E-state index in [1.54, 1.807) is 5.38 Å². The molecule has 0 aliphatic heterocycles. The van der Waals surface area contributed by atoms with Crippen LogP contribution in [0.3, 0.4) is 0 Å². The van der Waals surface area contributed by atoms with Gasteiger partial charge >= 0.3 is 12.3 Å². The molecule has 0 radical (unpaired) electrons. The largest absolute Gasteiger partial charge is 0.573 e. The number of aliphatic carboxylic acids is 1. The van der Waals surface area contributed by atoms with E-state index >= 15 is 0 Å². The number of carboxylic acid groups (broad SMARTS) is 1. The van der Waals surface area contributed by atoms with Gasteiger partial charge in [-0.15, -0.1) is 24.5 Å². The predicted molar refractivity (Wildman–Crippen MR) is 85.0 cm³/mol. The lowest BCUT2D eigenvalue weighted by molar-refractivity contribution is -0.274. The standard InChI is InChI=1S/C15H11ClF3NO4S/c16-10-5-6-25-12(10)13(21)20-11(14(22)23)7-8-1-3-9(4-2-8)24-15(17,18)19/h1-6,11H,7H2,(H,20,21)(H,22,23). The van der Waals surface area contributed by atoms with Gasteiger partial charge in [-0.1, -0.05) is 23.7 Å². The molecule has 0 spiro atoms. The Balaban J connectivity index is 2.05. The number of carbonyl (C=O) groups is 2. The van der Waals surface area contributed by atoms with Crippen molar-refractivity contribution in [3.63, 3.8) is 0 Å². The van der Waals surface area contributed by atoms with E-state index in [0.29, 0.717) is 5.56 Å². The van der Waals surface area contributed by atoms with Gasteiger partial charge in [-0.05, 0) is 29.1 Å². The minimum absolute atomic E-state index is 0.115. The Morgan fingerprint density at radius 1 is 1.24 bits per heavy atom. The first-order valence-corrected chi connectivity index (χ1v) is 8.03. The van der Waals surface area contributed by atoms with Crippen LogP contribution < -0.4 is 10.1 Å². The third-order valence-electron chi connectivity index (χ3n) is 3.02. The zero-order valence-corrected chi connectivity index (χ0v) is 13.9. The van der Waals surface area contributed by atoms with Crippen LogP contribution in [0, 0.1) is 0 Å². The van der Waals surface area contributed by atoms with Crippen molar-refractivity contribution in [1.82, 2.24) is 5.32 Å². The zero-order valence-electron chi connectivity index (χ0n) is 12.3. The third-order valence-corrected chi connectivity index (χ3v) is 4.36. The summed E-state index contributed by atoms with van der Waals surface area (Å²) in [6.07, 6.45) is -4.92. The number of rotatable bonds is 6. The summed E-state index contributed by atoms with van der Waals surface area (Å²) in [6, 6.07) is 4.97. The Morgan fingerprint density at radius 2 is 1.88 bits per heavy atom. The molecule has 25 heavy (non-hydrogen) atoms. The van der Waals surface area contributed by atoms with Crippen LogP contribution in [0.4, 0.5) is 13.2 Å². The summed E-state index contributed by atoms with van der Waals surface area (Å²) in [5.74, 6) is -2.33. The first-order chi connectivity index (χ1) is 11.7. The lowest BCUT2D eigenvalue weighted by Crippen LogP contribution is -2.42. The summed E-state index contributed by atoms with van der Waals surface area (Å²) >= 11 is 6.89. The SMILES string of the molecule is O=C(NC(Cc1ccc(OC(F)(F)F)cc1)C(=O)O)c1sccc1Cl. The fraction of sp³-hybridized carbons (Fsp3) is 0.200. The number of thiophene rings is 1. The lowest BCUT2D eigenvalue weighted by atomic mass is 10.1. The van der Waals surface area contributed by atoms with Crippen molar-refractivity contribution in [2.75, 3.05) is 0 Å². The number of hydrogen-bond acceptors (Lipinski definition) is 4. The summed E-state index contributed by atoms with van der Waals surface area (Å²) in [5.41, 5.74) is 0.416. The Kier molecular flexibility index (Phi) is 5.91. The molecule has 10 heteroatoms. The molecule has 2 rings (SSSR count). The lowest BCUT2D eigenvalue weighted by Gasteiger charge is -2.15. The topological polar surface area (TPSA) is 75.6 Å². The average Bonchev–Trinajstić information content (AvgIpc) is 2.93. The van der Waals surface area contributed by atoms with E-state index in [1.807, 2.05) is 0 Å². The second kappa shape index (κ2) is 7.75. The van der Waals surface area contributed by atoms with E-state index in [-0.39, 0.29) is 16.3 Å². The number of carboxylic acids is 1. The molecule has 2 aromatic rings. The number of ether oxygens (including phenoxy) is 1. The van der Waals surface area contributed by atoms with Gasteiger partial charge in [0.25, 0.3) is 5.91 Å². The first kappa shape index (κ1) is 19.1. The van der Waals surface area contributed by atoms with Gasteiger partial charge in [-0.25, -0.2) is 4.79 Å². The van der Waals surface area contributed by atoms with Crippen molar-refractivity contribution in [3.05, 3.63) is 51.2 Å². The van der Waals surface area contributed by atoms with E-state index in [1.165, 1.54) is 18.2 Å². The molecule has 0 aliphatic carbocycles. The van der Waals surface area contributed by atoms with Crippen LogP contribution in [-0.4, -0.2) is 29.4 Å². The van der Waals surface area contributed by atoms with Crippen molar-refractivity contribution in [1.29, 1.82) is 0 Å². The molecular weight excluding hydrogens is 383 g/mol. The molecule has 1 aromatic heterocycles. The number of carbonyl (C=O) groups excluding carboxylic acids is 1. The van der Waals surface area contributed by atoms with Gasteiger partial charge in [0.1, 0.15) is 16.7 Å². The molecule has 2 N–H and O–H groups in total. The molecule has 0 saturated carbocycles. The van der Waals surface area contributed by atoms with Crippen molar-refractivity contribution < 1.29 is 32.6 Å². The van der Waals surface area contributed by atoms with Crippen molar-refractivity contribution in [2.45, 2.75) is 18.8 Å². The number of hydrogen-bond donors (Lipinski definition) is 2. The molecule has 0 fully saturated rings. The molecule has 1 unspecified atom stereocenters. The van der Waals surface area contributed by atoms with Crippen LogP contribution in [0.2, 0.25) is 5.02 Å². The summed E-state index contributed by atoms with van der Waals surface area (Å²) in [6.45, 7) is 0. The van der Waals surface area contributed by atoms with E-state index in [9.17, 15) is 27.9 Å². The monoisotopic (exact) mass is 393 g/mol. The van der Waals surface area contributed by atoms with E-state index in [4.69, 9.17) is 11.6 Å². The molecule has 1 amide bonds. The Labute approximate surface area is 149 Å². The highest BCUT2D eigenvalue weighted by Gasteiger charge is 2.31. The number of amides is 1. The average molecular weight is 394 g/mol. The van der Waals surface area contributed by atoms with Gasteiger partial charge in [0.2, 0.25) is 0 Å². The van der Waals surface area contributed by atoms with Gasteiger partial charge in [-0.3, -0.25) is 4.79 Å². The molecule has 1 aromatic carbocycles. The summed E-state index contributed by atoms with van der Waals surface area (Å²) in [4.78, 5) is 23.6. The Morgan fingerprint density at radius 3 is 2.36 bits per heavy atom. The predicted octanol–water partition coefficient (Wildman–Crippen LogP) is 3.73. The maximum atomic E-state index is 12.1. The van der Waals surface area contributed by atoms with Crippen molar-refractivity contribution in [2.24, 2.45) is 0 Å². The van der Waals surface area contributed by atoms with Gasteiger partial charge < -0.3 is 15.2 Å². The van der Waals surface area contributed by atoms with E-state index in [0.717, 1.165) is 23.5 Å². The molecule has 134 valence electrons. The maximum Gasteiger partial charge on any atom is 0.573 e. The van der Waals surface area contributed by atoms with Crippen molar-refractivity contribution >= 4 is 34.8 Å². The summed E-state index contributed by atoms with van der Waals surface area (Å²) < 4.78 is 40.1. The van der Waals surface area contributed by atoms with Gasteiger partial charge in [0, 0.05) is 6.42 Å². The fourth-order valence-corrected chi connectivity index (χ4v) is 2.99. The van der Waals surface area contributed by atoms with Gasteiger partial charge in [-0.2, -0.15) is 0 Å². The third kappa shape index (κ3) is 5.64. The molecule has 0 bridgehead atoms. The molecule has 5 nitrogen and oxygen atoms in total. The van der Waals surface area contributed by atoms with Crippen LogP contribution in [0.25, 0.3) is 0 Å². The van der Waals surface area contributed by atoms with Gasteiger partial charge in [0.15, 0.2) is 0 Å². The highest BCUT2D eigenvalue weighted by molar-refractivity contribution is 7.12. The van der Waals surface area contributed by atoms with Crippen LogP contribution in [0.15, 0.2) is 35.7 Å².